The topological polar surface area (TPSA) is 205 Å². The number of unbranched alkanes of at least 4 members (excludes halogenated alkanes) is 1. The lowest BCUT2D eigenvalue weighted by Gasteiger charge is -2.25. The van der Waals surface area contributed by atoms with Crippen molar-refractivity contribution < 1.29 is 44.0 Å². The normalized spacial score (nSPS) is 12.4. The highest BCUT2D eigenvalue weighted by Crippen LogP contribution is 2.11. The fraction of sp³-hybridized carbons (Fsp3) is 0.706. The van der Waals surface area contributed by atoms with Gasteiger partial charge in [-0.15, -0.1) is 0 Å². The van der Waals surface area contributed by atoms with Gasteiger partial charge in [-0.3, -0.25) is 9.59 Å². The first kappa shape index (κ1) is 28.3. The van der Waals surface area contributed by atoms with Gasteiger partial charge in [-0.25, -0.2) is 14.4 Å². The maximum absolute atomic E-state index is 12.2. The van der Waals surface area contributed by atoms with Gasteiger partial charge in [0.25, 0.3) is 6.47 Å². The van der Waals surface area contributed by atoms with Crippen LogP contribution in [0.25, 0.3) is 0 Å². The van der Waals surface area contributed by atoms with Crippen LogP contribution in [-0.4, -0.2) is 70.0 Å². The SMILES string of the molecule is CC(C)(C)OC(=O)[C@H](CCCCN)NC(=O)N[C@@H](CCC(=O)O)C(=O)O.O=CO. The minimum absolute atomic E-state index is 0.250. The Morgan fingerprint density at radius 1 is 1.03 bits per heavy atom. The van der Waals surface area contributed by atoms with Crippen molar-refractivity contribution in [1.82, 2.24) is 10.6 Å². The number of carboxylic acid groups (broad SMARTS) is 3. The van der Waals surface area contributed by atoms with Gasteiger partial charge >= 0.3 is 23.9 Å². The zero-order chi connectivity index (χ0) is 23.0. The number of rotatable bonds is 11. The number of carbonyl (C=O) groups excluding carboxylic acids is 2. The fourth-order valence-corrected chi connectivity index (χ4v) is 2.00. The number of ether oxygens (including phenoxy) is 1. The number of nitrogens with one attached hydrogen (secondary N) is 2. The van der Waals surface area contributed by atoms with Gasteiger partial charge in [0.15, 0.2) is 0 Å². The molecule has 0 rings (SSSR count). The second-order valence-corrected chi connectivity index (χ2v) is 6.92. The lowest BCUT2D eigenvalue weighted by atomic mass is 10.1. The number of esters is 1. The van der Waals surface area contributed by atoms with E-state index >= 15 is 0 Å². The quantitative estimate of drug-likeness (QED) is 0.151. The molecule has 0 spiro atoms. The number of carboxylic acids is 2. The summed E-state index contributed by atoms with van der Waals surface area (Å²) in [6.45, 7) is 5.25. The predicted molar refractivity (Wildman–Crippen MR) is 101 cm³/mol. The molecule has 0 aromatic heterocycles. The van der Waals surface area contributed by atoms with Crippen LogP contribution in [0.2, 0.25) is 0 Å². The molecule has 0 fully saturated rings. The number of amides is 2. The zero-order valence-corrected chi connectivity index (χ0v) is 16.8. The van der Waals surface area contributed by atoms with Crippen molar-refractivity contribution in [3.05, 3.63) is 0 Å². The van der Waals surface area contributed by atoms with E-state index in [1.54, 1.807) is 20.8 Å². The molecule has 2 atom stereocenters. The van der Waals surface area contributed by atoms with Crippen LogP contribution in [0.3, 0.4) is 0 Å². The van der Waals surface area contributed by atoms with Crippen molar-refractivity contribution in [1.29, 1.82) is 0 Å². The monoisotopic (exact) mass is 421 g/mol. The molecule has 168 valence electrons. The van der Waals surface area contributed by atoms with Crippen LogP contribution in [0.4, 0.5) is 4.79 Å². The first-order valence-corrected chi connectivity index (χ1v) is 8.90. The van der Waals surface area contributed by atoms with E-state index in [4.69, 9.17) is 30.6 Å². The van der Waals surface area contributed by atoms with E-state index < -0.39 is 48.0 Å². The molecule has 0 bridgehead atoms. The average molecular weight is 421 g/mol. The Morgan fingerprint density at radius 2 is 1.55 bits per heavy atom. The standard InChI is InChI=1S/C16H29N3O7.CH2O2/c1-16(2,3)26-14(24)11(6-4-5-9-17)19-15(25)18-10(13(22)23)7-8-12(20)21;2-1-3/h10-11H,4-9,17H2,1-3H3,(H,20,21)(H,22,23)(H2,18,19,25);1H,(H,2,3)/t10-,11-;/m0./s1. The van der Waals surface area contributed by atoms with E-state index in [0.29, 0.717) is 19.4 Å². The first-order valence-electron chi connectivity index (χ1n) is 8.90. The smallest absolute Gasteiger partial charge is 0.329 e. The molecule has 0 aliphatic rings. The summed E-state index contributed by atoms with van der Waals surface area (Å²) in [4.78, 5) is 54.3. The van der Waals surface area contributed by atoms with Crippen molar-refractivity contribution in [2.75, 3.05) is 6.54 Å². The van der Waals surface area contributed by atoms with Gasteiger partial charge < -0.3 is 36.4 Å². The van der Waals surface area contributed by atoms with E-state index in [1.807, 2.05) is 0 Å². The van der Waals surface area contributed by atoms with Crippen LogP contribution in [0.15, 0.2) is 0 Å². The minimum atomic E-state index is -1.38. The van der Waals surface area contributed by atoms with Crippen LogP contribution in [0.1, 0.15) is 52.9 Å². The maximum Gasteiger partial charge on any atom is 0.329 e. The molecule has 12 nitrogen and oxygen atoms in total. The zero-order valence-electron chi connectivity index (χ0n) is 16.8. The number of carbonyl (C=O) groups is 5. The van der Waals surface area contributed by atoms with Crippen molar-refractivity contribution in [2.45, 2.75) is 70.6 Å². The second-order valence-electron chi connectivity index (χ2n) is 6.92. The fourth-order valence-electron chi connectivity index (χ4n) is 2.00. The number of hydrogen-bond acceptors (Lipinski definition) is 7. The van der Waals surface area contributed by atoms with E-state index in [0.717, 1.165) is 0 Å². The highest BCUT2D eigenvalue weighted by molar-refractivity contribution is 5.86. The molecular formula is C17H31N3O9. The summed E-state index contributed by atoms with van der Waals surface area (Å²) in [7, 11) is 0. The molecule has 0 aromatic rings. The molecular weight excluding hydrogens is 390 g/mol. The van der Waals surface area contributed by atoms with Crippen molar-refractivity contribution >= 4 is 30.4 Å². The Morgan fingerprint density at radius 3 is 1.97 bits per heavy atom. The average Bonchev–Trinajstić information content (AvgIpc) is 2.56. The van der Waals surface area contributed by atoms with Gasteiger partial charge in [0, 0.05) is 6.42 Å². The molecule has 2 amide bonds. The number of aliphatic carboxylic acids is 2. The Kier molecular flexibility index (Phi) is 14.7. The lowest BCUT2D eigenvalue weighted by molar-refractivity contribution is -0.157. The predicted octanol–water partition coefficient (Wildman–Crippen LogP) is 0.144. The molecule has 0 saturated heterocycles. The molecule has 0 aliphatic heterocycles. The van der Waals surface area contributed by atoms with Crippen LogP contribution < -0.4 is 16.4 Å². The van der Waals surface area contributed by atoms with Crippen LogP contribution in [0, 0.1) is 0 Å². The van der Waals surface area contributed by atoms with Gasteiger partial charge in [-0.2, -0.15) is 0 Å². The third-order valence-electron chi connectivity index (χ3n) is 3.19. The van der Waals surface area contributed by atoms with E-state index in [2.05, 4.69) is 10.6 Å². The molecule has 0 radical (unpaired) electrons. The highest BCUT2D eigenvalue weighted by Gasteiger charge is 2.28. The van der Waals surface area contributed by atoms with Crippen LogP contribution in [0.5, 0.6) is 0 Å². The summed E-state index contributed by atoms with van der Waals surface area (Å²) in [5.41, 5.74) is 4.68. The molecule has 0 aliphatic carbocycles. The molecule has 0 heterocycles. The Labute approximate surface area is 168 Å². The van der Waals surface area contributed by atoms with Crippen molar-refractivity contribution in [3.63, 3.8) is 0 Å². The maximum atomic E-state index is 12.2. The largest absolute Gasteiger partial charge is 0.483 e. The summed E-state index contributed by atoms with van der Waals surface area (Å²) >= 11 is 0. The van der Waals surface area contributed by atoms with Gasteiger partial charge in [0.1, 0.15) is 17.7 Å². The third-order valence-corrected chi connectivity index (χ3v) is 3.19. The van der Waals surface area contributed by atoms with E-state index in [1.165, 1.54) is 0 Å². The number of urea groups is 1. The second kappa shape index (κ2) is 15.1. The first-order chi connectivity index (χ1) is 13.4. The van der Waals surface area contributed by atoms with Crippen LogP contribution >= 0.6 is 0 Å². The number of hydrogen-bond donors (Lipinski definition) is 6. The molecule has 12 heteroatoms. The van der Waals surface area contributed by atoms with E-state index in [9.17, 15) is 19.2 Å². The summed E-state index contributed by atoms with van der Waals surface area (Å²) in [6.07, 6.45) is 0.818. The van der Waals surface area contributed by atoms with Gasteiger partial charge in [-0.05, 0) is 53.0 Å². The molecule has 0 saturated carbocycles. The van der Waals surface area contributed by atoms with Gasteiger partial charge in [0.05, 0.1) is 0 Å². The van der Waals surface area contributed by atoms with Gasteiger partial charge in [-0.1, -0.05) is 0 Å². The summed E-state index contributed by atoms with van der Waals surface area (Å²) in [5.74, 6) is -3.17. The summed E-state index contributed by atoms with van der Waals surface area (Å²) in [5, 5.41) is 29.1. The third kappa shape index (κ3) is 17.0. The number of nitrogens with two attached hydrogens (primary N) is 1. The minimum Gasteiger partial charge on any atom is -0.483 e. The summed E-state index contributed by atoms with van der Waals surface area (Å²) < 4.78 is 5.26. The van der Waals surface area contributed by atoms with Crippen LogP contribution in [-0.2, 0) is 23.9 Å². The summed E-state index contributed by atoms with van der Waals surface area (Å²) in [6, 6.07) is -3.23. The van der Waals surface area contributed by atoms with Crippen molar-refractivity contribution in [3.8, 4) is 0 Å². The Balaban J connectivity index is 0. The highest BCUT2D eigenvalue weighted by atomic mass is 16.6. The molecule has 0 unspecified atom stereocenters. The Hall–Kier alpha value is -2.89. The molecule has 0 aromatic carbocycles. The van der Waals surface area contributed by atoms with E-state index in [-0.39, 0.29) is 19.3 Å². The van der Waals surface area contributed by atoms with Gasteiger partial charge in [0.2, 0.25) is 0 Å². The lowest BCUT2D eigenvalue weighted by Crippen LogP contribution is -2.52. The molecule has 7 N–H and O–H groups in total. The Bertz CT molecular complexity index is 547. The molecule has 29 heavy (non-hydrogen) atoms. The van der Waals surface area contributed by atoms with Crippen molar-refractivity contribution in [2.24, 2.45) is 5.73 Å².